The third kappa shape index (κ3) is 3.87. The summed E-state index contributed by atoms with van der Waals surface area (Å²) in [7, 11) is 0. The summed E-state index contributed by atoms with van der Waals surface area (Å²) in [4.78, 5) is 5.55. The number of halogens is 3. The molecule has 0 aliphatic rings. The van der Waals surface area contributed by atoms with E-state index < -0.39 is 6.30 Å². The molecule has 0 fully saturated rings. The second-order valence-corrected chi connectivity index (χ2v) is 2.63. The van der Waals surface area contributed by atoms with Gasteiger partial charge in [-0.3, -0.25) is 0 Å². The second-order valence-electron chi connectivity index (χ2n) is 2.63. The Hall–Kier alpha value is -1.61. The zero-order chi connectivity index (χ0) is 10.6. The van der Waals surface area contributed by atoms with Crippen LogP contribution in [0.4, 0.5) is 18.9 Å². The van der Waals surface area contributed by atoms with Gasteiger partial charge in [0.1, 0.15) is 6.01 Å². The Morgan fingerprint density at radius 3 is 2.21 bits per heavy atom. The molecule has 0 N–H and O–H groups in total. The fourth-order valence-corrected chi connectivity index (χ4v) is 0.759. The Kier molecular flexibility index (Phi) is 3.04. The fraction of sp³-hybridized carbons (Fsp3) is 0.222. The quantitative estimate of drug-likeness (QED) is 0.490. The molecule has 1 aromatic rings. The summed E-state index contributed by atoms with van der Waals surface area (Å²) < 4.78 is 34.6. The van der Waals surface area contributed by atoms with Crippen molar-refractivity contribution in [3.05, 3.63) is 29.8 Å². The number of aliphatic imine (C=N–C) groups is 2. The molecule has 2 nitrogen and oxygen atoms in total. The minimum atomic E-state index is -4.60. The number of alkyl halides is 3. The zero-order valence-corrected chi connectivity index (χ0v) is 7.34. The topological polar surface area (TPSA) is 24.7 Å². The summed E-state index contributed by atoms with van der Waals surface area (Å²) in [5, 5.41) is 0. The molecule has 0 amide bonds. The molecular weight excluding hydrogens is 193 g/mol. The summed E-state index contributed by atoms with van der Waals surface area (Å²) in [6, 6.07) is 8.26. The summed E-state index contributed by atoms with van der Waals surface area (Å²) in [6.45, 7) is 1.87. The SMILES string of the molecule is Cc1ccc(N=C=NC(F)(F)F)cc1. The van der Waals surface area contributed by atoms with E-state index in [2.05, 4.69) is 9.98 Å². The molecule has 1 aromatic carbocycles. The number of hydrogen-bond donors (Lipinski definition) is 0. The van der Waals surface area contributed by atoms with E-state index in [9.17, 15) is 13.2 Å². The highest BCUT2D eigenvalue weighted by Crippen LogP contribution is 2.15. The van der Waals surface area contributed by atoms with Gasteiger partial charge < -0.3 is 0 Å². The molecular formula is C9H7F3N2. The molecule has 0 radical (unpaired) electrons. The van der Waals surface area contributed by atoms with Gasteiger partial charge in [-0.15, -0.1) is 18.2 Å². The molecule has 0 aliphatic carbocycles. The first-order valence-corrected chi connectivity index (χ1v) is 3.78. The van der Waals surface area contributed by atoms with Crippen LogP contribution in [-0.2, 0) is 0 Å². The van der Waals surface area contributed by atoms with E-state index in [1.165, 1.54) is 0 Å². The van der Waals surface area contributed by atoms with Gasteiger partial charge in [-0.05, 0) is 19.1 Å². The summed E-state index contributed by atoms with van der Waals surface area (Å²) in [5.74, 6) is 0. The molecule has 1 rings (SSSR count). The fourth-order valence-electron chi connectivity index (χ4n) is 0.759. The average Bonchev–Trinajstić information content (AvgIpc) is 2.06. The van der Waals surface area contributed by atoms with Crippen LogP contribution in [0.1, 0.15) is 5.56 Å². The Morgan fingerprint density at radius 2 is 1.71 bits per heavy atom. The first-order chi connectivity index (χ1) is 6.47. The van der Waals surface area contributed by atoms with Crippen molar-refractivity contribution < 1.29 is 13.2 Å². The van der Waals surface area contributed by atoms with Crippen molar-refractivity contribution >= 4 is 11.7 Å². The third-order valence-electron chi connectivity index (χ3n) is 1.39. The lowest BCUT2D eigenvalue weighted by Crippen LogP contribution is -1.99. The van der Waals surface area contributed by atoms with Crippen LogP contribution in [0, 0.1) is 6.92 Å². The zero-order valence-electron chi connectivity index (χ0n) is 7.34. The van der Waals surface area contributed by atoms with Gasteiger partial charge in [0, 0.05) is 0 Å². The van der Waals surface area contributed by atoms with Crippen molar-refractivity contribution in [3.8, 4) is 0 Å². The van der Waals surface area contributed by atoms with Crippen LogP contribution in [-0.4, -0.2) is 12.3 Å². The summed E-state index contributed by atoms with van der Waals surface area (Å²) >= 11 is 0. The van der Waals surface area contributed by atoms with Gasteiger partial charge in [0.15, 0.2) is 0 Å². The minimum Gasteiger partial charge on any atom is -0.188 e. The van der Waals surface area contributed by atoms with Gasteiger partial charge in [0.05, 0.1) is 5.69 Å². The first kappa shape index (κ1) is 10.5. The summed E-state index contributed by atoms with van der Waals surface area (Å²) in [6.07, 6.45) is -4.60. The molecule has 0 spiro atoms. The number of rotatable bonds is 1. The largest absolute Gasteiger partial charge is 0.512 e. The van der Waals surface area contributed by atoms with Gasteiger partial charge in [-0.2, -0.15) is 4.99 Å². The van der Waals surface area contributed by atoms with E-state index >= 15 is 0 Å². The molecule has 0 saturated carbocycles. The van der Waals surface area contributed by atoms with Crippen LogP contribution < -0.4 is 0 Å². The van der Waals surface area contributed by atoms with Crippen molar-refractivity contribution in [2.45, 2.75) is 13.2 Å². The van der Waals surface area contributed by atoms with E-state index in [0.29, 0.717) is 5.69 Å². The average molecular weight is 200 g/mol. The molecule has 0 heterocycles. The van der Waals surface area contributed by atoms with Crippen molar-refractivity contribution in [3.63, 3.8) is 0 Å². The summed E-state index contributed by atoms with van der Waals surface area (Å²) in [5.41, 5.74) is 1.40. The molecule has 5 heteroatoms. The molecule has 0 saturated heterocycles. The second kappa shape index (κ2) is 4.07. The van der Waals surface area contributed by atoms with Crippen LogP contribution in [0.2, 0.25) is 0 Å². The van der Waals surface area contributed by atoms with Gasteiger partial charge in [-0.25, -0.2) is 0 Å². The molecule has 0 atom stereocenters. The highest BCUT2D eigenvalue weighted by Gasteiger charge is 2.25. The molecule has 0 bridgehead atoms. The van der Waals surface area contributed by atoms with E-state index in [4.69, 9.17) is 0 Å². The Morgan fingerprint density at radius 1 is 1.14 bits per heavy atom. The number of nitrogens with zero attached hydrogens (tertiary/aromatic N) is 2. The highest BCUT2D eigenvalue weighted by molar-refractivity contribution is 5.52. The van der Waals surface area contributed by atoms with Crippen LogP contribution in [0.3, 0.4) is 0 Å². The molecule has 14 heavy (non-hydrogen) atoms. The first-order valence-electron chi connectivity index (χ1n) is 3.78. The third-order valence-corrected chi connectivity index (χ3v) is 1.39. The standard InChI is InChI=1S/C9H7F3N2/c1-7-2-4-8(5-3-7)13-6-14-9(10,11)12/h2-5H,1H3. The predicted octanol–water partition coefficient (Wildman–Crippen LogP) is 3.32. The lowest BCUT2D eigenvalue weighted by atomic mass is 10.2. The number of benzene rings is 1. The lowest BCUT2D eigenvalue weighted by Gasteiger charge is -1.92. The maximum absolute atomic E-state index is 11.5. The molecule has 74 valence electrons. The maximum Gasteiger partial charge on any atom is 0.512 e. The van der Waals surface area contributed by atoms with E-state index in [1.807, 2.05) is 6.92 Å². The van der Waals surface area contributed by atoms with Gasteiger partial charge >= 0.3 is 6.30 Å². The Balaban J connectivity index is 2.79. The number of aryl methyl sites for hydroxylation is 1. The molecule has 0 aliphatic heterocycles. The van der Waals surface area contributed by atoms with E-state index in [0.717, 1.165) is 5.56 Å². The Labute approximate surface area is 78.8 Å². The van der Waals surface area contributed by atoms with Crippen molar-refractivity contribution in [1.29, 1.82) is 0 Å². The highest BCUT2D eigenvalue weighted by atomic mass is 19.4. The van der Waals surface area contributed by atoms with Gasteiger partial charge in [0.25, 0.3) is 0 Å². The molecule has 0 unspecified atom stereocenters. The Bertz CT molecular complexity index is 359. The normalized spacial score (nSPS) is 10.6. The van der Waals surface area contributed by atoms with Crippen LogP contribution >= 0.6 is 0 Å². The maximum atomic E-state index is 11.5. The number of hydrogen-bond acceptors (Lipinski definition) is 2. The monoisotopic (exact) mass is 200 g/mol. The van der Waals surface area contributed by atoms with Gasteiger partial charge in [-0.1, -0.05) is 17.7 Å². The smallest absolute Gasteiger partial charge is 0.188 e. The minimum absolute atomic E-state index is 0.392. The van der Waals surface area contributed by atoms with Gasteiger partial charge in [0.2, 0.25) is 0 Å². The van der Waals surface area contributed by atoms with E-state index in [-0.39, 0.29) is 0 Å². The van der Waals surface area contributed by atoms with Crippen LogP contribution in [0.5, 0.6) is 0 Å². The molecule has 0 aromatic heterocycles. The van der Waals surface area contributed by atoms with Crippen LogP contribution in [0.15, 0.2) is 34.3 Å². The lowest BCUT2D eigenvalue weighted by molar-refractivity contribution is -0.118. The predicted molar refractivity (Wildman–Crippen MR) is 46.8 cm³/mol. The van der Waals surface area contributed by atoms with Crippen LogP contribution in [0.25, 0.3) is 0 Å². The van der Waals surface area contributed by atoms with E-state index in [1.54, 1.807) is 30.3 Å². The van der Waals surface area contributed by atoms with Crippen molar-refractivity contribution in [1.82, 2.24) is 0 Å². The van der Waals surface area contributed by atoms with Crippen molar-refractivity contribution in [2.24, 2.45) is 9.98 Å². The van der Waals surface area contributed by atoms with Crippen molar-refractivity contribution in [2.75, 3.05) is 0 Å².